The summed E-state index contributed by atoms with van der Waals surface area (Å²) in [6.07, 6.45) is 8.15. The van der Waals surface area contributed by atoms with E-state index >= 15 is 0 Å². The topological polar surface area (TPSA) is 58.2 Å². The van der Waals surface area contributed by atoms with Gasteiger partial charge in [0.1, 0.15) is 0 Å². The summed E-state index contributed by atoms with van der Waals surface area (Å²) in [5.74, 6) is -0.475. The van der Waals surface area contributed by atoms with Gasteiger partial charge >= 0.3 is 0 Å². The quantitative estimate of drug-likeness (QED) is 0.201. The molecule has 0 aliphatic heterocycles. The van der Waals surface area contributed by atoms with Crippen molar-refractivity contribution in [3.05, 3.63) is 167 Å². The molecule has 5 aromatic rings. The Morgan fingerprint density at radius 1 is 0.375 bits per heavy atom. The Bertz CT molecular complexity index is 1490. The van der Waals surface area contributed by atoms with Crippen molar-refractivity contribution < 1.29 is 9.59 Å². The maximum Gasteiger partial charge on any atom is 0.255 e. The van der Waals surface area contributed by atoms with E-state index in [1.54, 1.807) is 24.3 Å². The molecule has 0 saturated carbocycles. The molecule has 0 radical (unpaired) electrons. The molecule has 2 amide bonds. The molecule has 5 rings (SSSR count). The number of carbonyl (C=O) groups excluding carboxylic acids is 2. The van der Waals surface area contributed by atoms with E-state index in [9.17, 15) is 9.59 Å². The fourth-order valence-electron chi connectivity index (χ4n) is 4.05. The number of hydrogen-bond acceptors (Lipinski definition) is 2. The maximum atomic E-state index is 12.7. The molecule has 4 heteroatoms. The van der Waals surface area contributed by atoms with Crippen molar-refractivity contribution in [2.24, 2.45) is 0 Å². The van der Waals surface area contributed by atoms with Crippen LogP contribution in [0.15, 0.2) is 133 Å². The fourth-order valence-corrected chi connectivity index (χ4v) is 4.05. The third kappa shape index (κ3) is 7.30. The van der Waals surface area contributed by atoms with Crippen LogP contribution >= 0.6 is 0 Å². The van der Waals surface area contributed by atoms with Crippen molar-refractivity contribution in [1.82, 2.24) is 0 Å². The lowest BCUT2D eigenvalue weighted by Crippen LogP contribution is -2.14. The summed E-state index contributed by atoms with van der Waals surface area (Å²) in [4.78, 5) is 25.5. The minimum atomic E-state index is -0.237. The normalized spacial score (nSPS) is 11.0. The zero-order valence-electron chi connectivity index (χ0n) is 21.8. The number of anilines is 2. The number of benzene rings is 5. The Hall–Kier alpha value is -5.48. The van der Waals surface area contributed by atoms with Crippen molar-refractivity contribution in [1.29, 1.82) is 0 Å². The molecule has 0 bridgehead atoms. The summed E-state index contributed by atoms with van der Waals surface area (Å²) in [6, 6.07) is 42.1. The molecular formula is C36H28N2O2. The van der Waals surface area contributed by atoms with Crippen LogP contribution in [0.5, 0.6) is 0 Å². The number of carbonyl (C=O) groups is 2. The summed E-state index contributed by atoms with van der Waals surface area (Å²) in [5.41, 5.74) is 6.67. The molecule has 0 aliphatic carbocycles. The Kier molecular flexibility index (Phi) is 8.40. The lowest BCUT2D eigenvalue weighted by Gasteiger charge is -2.08. The van der Waals surface area contributed by atoms with E-state index in [0.29, 0.717) is 22.5 Å². The molecule has 0 heterocycles. The van der Waals surface area contributed by atoms with Crippen LogP contribution in [0.1, 0.15) is 43.0 Å². The second kappa shape index (κ2) is 12.9. The third-order valence-corrected chi connectivity index (χ3v) is 6.28. The van der Waals surface area contributed by atoms with Crippen LogP contribution < -0.4 is 10.6 Å². The van der Waals surface area contributed by atoms with Gasteiger partial charge in [-0.2, -0.15) is 0 Å². The van der Waals surface area contributed by atoms with E-state index in [0.717, 1.165) is 22.3 Å². The SMILES string of the molecule is O=C(Nc1ccc(/C=C/c2ccccc2)cc1)c1ccc(C(=O)Nc2ccc(/C=C/c3ccccc3)cc2)cc1. The number of hydrogen-bond donors (Lipinski definition) is 2. The zero-order chi connectivity index (χ0) is 27.6. The van der Waals surface area contributed by atoms with Crippen molar-refractivity contribution in [2.75, 3.05) is 10.6 Å². The van der Waals surface area contributed by atoms with E-state index in [1.807, 2.05) is 133 Å². The molecule has 0 unspecified atom stereocenters. The van der Waals surface area contributed by atoms with Crippen molar-refractivity contribution in [3.63, 3.8) is 0 Å². The molecule has 4 nitrogen and oxygen atoms in total. The Balaban J connectivity index is 1.14. The molecule has 194 valence electrons. The average Bonchev–Trinajstić information content (AvgIpc) is 3.01. The van der Waals surface area contributed by atoms with Gasteiger partial charge in [-0.1, -0.05) is 109 Å². The van der Waals surface area contributed by atoms with Crippen LogP contribution in [0.4, 0.5) is 11.4 Å². The van der Waals surface area contributed by atoms with Crippen LogP contribution in [-0.2, 0) is 0 Å². The van der Waals surface area contributed by atoms with Gasteiger partial charge in [0.25, 0.3) is 11.8 Å². The summed E-state index contributed by atoms with van der Waals surface area (Å²) >= 11 is 0. The van der Waals surface area contributed by atoms with E-state index in [-0.39, 0.29) is 11.8 Å². The van der Waals surface area contributed by atoms with Gasteiger partial charge in [-0.05, 0) is 70.8 Å². The van der Waals surface area contributed by atoms with Crippen LogP contribution in [-0.4, -0.2) is 11.8 Å². The minimum absolute atomic E-state index is 0.237. The Morgan fingerprint density at radius 3 is 1.00 bits per heavy atom. The maximum absolute atomic E-state index is 12.7. The standard InChI is InChI=1S/C36H28N2O2/c39-35(37-33-23-15-29(16-24-33)13-11-27-7-3-1-4-8-27)31-19-21-32(22-20-31)36(40)38-34-25-17-30(18-26-34)14-12-28-9-5-2-6-10-28/h1-26H,(H,37,39)(H,38,40)/b13-11+,14-12+. The monoisotopic (exact) mass is 520 g/mol. The first-order valence-corrected chi connectivity index (χ1v) is 13.0. The largest absolute Gasteiger partial charge is 0.322 e. The van der Waals surface area contributed by atoms with Crippen molar-refractivity contribution >= 4 is 47.5 Å². The smallest absolute Gasteiger partial charge is 0.255 e. The van der Waals surface area contributed by atoms with Gasteiger partial charge in [0.2, 0.25) is 0 Å². The molecule has 0 saturated heterocycles. The predicted octanol–water partition coefficient (Wildman–Crippen LogP) is 8.53. The first kappa shape index (κ1) is 26.1. The fraction of sp³-hybridized carbons (Fsp3) is 0. The van der Waals surface area contributed by atoms with Crippen LogP contribution in [0.2, 0.25) is 0 Å². The molecule has 5 aromatic carbocycles. The molecule has 0 fully saturated rings. The average molecular weight is 521 g/mol. The van der Waals surface area contributed by atoms with Gasteiger partial charge in [-0.3, -0.25) is 9.59 Å². The lowest BCUT2D eigenvalue weighted by molar-refractivity contribution is 0.101. The van der Waals surface area contributed by atoms with E-state index in [4.69, 9.17) is 0 Å². The van der Waals surface area contributed by atoms with Crippen molar-refractivity contribution in [3.8, 4) is 0 Å². The second-order valence-electron chi connectivity index (χ2n) is 9.22. The van der Waals surface area contributed by atoms with Gasteiger partial charge in [0, 0.05) is 22.5 Å². The highest BCUT2D eigenvalue weighted by molar-refractivity contribution is 6.07. The molecule has 40 heavy (non-hydrogen) atoms. The Morgan fingerprint density at radius 2 is 0.675 bits per heavy atom. The number of amides is 2. The lowest BCUT2D eigenvalue weighted by atomic mass is 10.1. The van der Waals surface area contributed by atoms with Crippen LogP contribution in [0.25, 0.3) is 24.3 Å². The Labute approximate surface area is 234 Å². The summed E-state index contributed by atoms with van der Waals surface area (Å²) < 4.78 is 0. The van der Waals surface area contributed by atoms with Gasteiger partial charge in [-0.15, -0.1) is 0 Å². The number of nitrogens with one attached hydrogen (secondary N) is 2. The summed E-state index contributed by atoms with van der Waals surface area (Å²) in [5, 5.41) is 5.81. The first-order valence-electron chi connectivity index (χ1n) is 13.0. The highest BCUT2D eigenvalue weighted by Crippen LogP contribution is 2.17. The highest BCUT2D eigenvalue weighted by Gasteiger charge is 2.10. The molecular weight excluding hydrogens is 492 g/mol. The van der Waals surface area contributed by atoms with E-state index < -0.39 is 0 Å². The summed E-state index contributed by atoms with van der Waals surface area (Å²) in [6.45, 7) is 0. The van der Waals surface area contributed by atoms with Gasteiger partial charge in [0.05, 0.1) is 0 Å². The van der Waals surface area contributed by atoms with E-state index in [1.165, 1.54) is 0 Å². The second-order valence-corrected chi connectivity index (χ2v) is 9.22. The molecule has 0 spiro atoms. The van der Waals surface area contributed by atoms with E-state index in [2.05, 4.69) is 10.6 Å². The third-order valence-electron chi connectivity index (χ3n) is 6.28. The van der Waals surface area contributed by atoms with Gasteiger partial charge < -0.3 is 10.6 Å². The minimum Gasteiger partial charge on any atom is -0.322 e. The van der Waals surface area contributed by atoms with Crippen molar-refractivity contribution in [2.45, 2.75) is 0 Å². The van der Waals surface area contributed by atoms with Crippen LogP contribution in [0, 0.1) is 0 Å². The van der Waals surface area contributed by atoms with Gasteiger partial charge in [-0.25, -0.2) is 0 Å². The van der Waals surface area contributed by atoms with Crippen LogP contribution in [0.3, 0.4) is 0 Å². The molecule has 2 N–H and O–H groups in total. The number of rotatable bonds is 8. The molecule has 0 aromatic heterocycles. The zero-order valence-corrected chi connectivity index (χ0v) is 21.8. The first-order chi connectivity index (χ1) is 19.6. The van der Waals surface area contributed by atoms with Gasteiger partial charge in [0.15, 0.2) is 0 Å². The molecule has 0 aliphatic rings. The predicted molar refractivity (Wildman–Crippen MR) is 166 cm³/mol. The highest BCUT2D eigenvalue weighted by atomic mass is 16.2. The summed E-state index contributed by atoms with van der Waals surface area (Å²) in [7, 11) is 0. The molecule has 0 atom stereocenters.